The molecule has 0 amide bonds. The van der Waals surface area contributed by atoms with E-state index in [0.717, 1.165) is 6.54 Å². The number of anilines is 2. The van der Waals surface area contributed by atoms with Crippen molar-refractivity contribution in [2.24, 2.45) is 0 Å². The van der Waals surface area contributed by atoms with Gasteiger partial charge >= 0.3 is 0 Å². The first-order valence-electron chi connectivity index (χ1n) is 7.77. The first-order chi connectivity index (χ1) is 10.1. The molecule has 0 spiro atoms. The Morgan fingerprint density at radius 1 is 0.905 bits per heavy atom. The van der Waals surface area contributed by atoms with Crippen molar-refractivity contribution in [3.63, 3.8) is 0 Å². The van der Waals surface area contributed by atoms with Crippen LogP contribution in [0.3, 0.4) is 0 Å². The zero-order chi connectivity index (χ0) is 14.8. The minimum absolute atomic E-state index is 1.11. The Labute approximate surface area is 127 Å². The van der Waals surface area contributed by atoms with Gasteiger partial charge < -0.3 is 10.2 Å². The zero-order valence-corrected chi connectivity index (χ0v) is 13.2. The number of nitrogens with zero attached hydrogens (tertiary/aromatic N) is 1. The van der Waals surface area contributed by atoms with Gasteiger partial charge in [-0.25, -0.2) is 0 Å². The van der Waals surface area contributed by atoms with Gasteiger partial charge in [0, 0.05) is 31.5 Å². The van der Waals surface area contributed by atoms with E-state index < -0.39 is 0 Å². The Hall–Kier alpha value is -1.96. The fraction of sp³-hybridized carbons (Fsp3) is 0.368. The molecule has 2 aliphatic heterocycles. The first-order valence-corrected chi connectivity index (χ1v) is 7.77. The molecule has 110 valence electrons. The molecular formula is C19H24N2. The number of hydrogen-bond acceptors (Lipinski definition) is 2. The van der Waals surface area contributed by atoms with Crippen LogP contribution < -0.4 is 10.2 Å². The first kappa shape index (κ1) is 14.0. The van der Waals surface area contributed by atoms with Crippen molar-refractivity contribution in [3.05, 3.63) is 58.7 Å². The highest BCUT2D eigenvalue weighted by Crippen LogP contribution is 2.26. The maximum Gasteiger partial charge on any atom is 0.0397 e. The fourth-order valence-corrected chi connectivity index (χ4v) is 3.13. The maximum absolute atomic E-state index is 3.33. The molecule has 2 heteroatoms. The predicted octanol–water partition coefficient (Wildman–Crippen LogP) is 3.95. The van der Waals surface area contributed by atoms with E-state index in [9.17, 15) is 0 Å². The molecule has 0 saturated carbocycles. The summed E-state index contributed by atoms with van der Waals surface area (Å²) in [6.45, 7) is 6.58. The van der Waals surface area contributed by atoms with Crippen molar-refractivity contribution < 1.29 is 0 Å². The second kappa shape index (κ2) is 5.80. The van der Waals surface area contributed by atoms with Crippen molar-refractivity contribution in [3.8, 4) is 0 Å². The molecular weight excluding hydrogens is 256 g/mol. The van der Waals surface area contributed by atoms with Crippen molar-refractivity contribution in [2.45, 2.75) is 26.7 Å². The Kier molecular flexibility index (Phi) is 3.87. The second-order valence-electron chi connectivity index (χ2n) is 6.14. The molecule has 2 heterocycles. The van der Waals surface area contributed by atoms with Gasteiger partial charge in [-0.05, 0) is 49.9 Å². The van der Waals surface area contributed by atoms with Gasteiger partial charge in [-0.3, -0.25) is 0 Å². The molecule has 2 aromatic rings. The Bertz CT molecular complexity index is 646. The number of rotatable bonds is 0. The molecule has 2 nitrogen and oxygen atoms in total. The maximum atomic E-state index is 3.33. The lowest BCUT2D eigenvalue weighted by Gasteiger charge is -2.11. The van der Waals surface area contributed by atoms with Crippen LogP contribution in [-0.2, 0) is 12.8 Å². The monoisotopic (exact) mass is 280 g/mol. The lowest BCUT2D eigenvalue weighted by Crippen LogP contribution is -2.12. The molecule has 0 unspecified atom stereocenters. The van der Waals surface area contributed by atoms with Crippen LogP contribution >= 0.6 is 0 Å². The second-order valence-corrected chi connectivity index (χ2v) is 6.14. The fourth-order valence-electron chi connectivity index (χ4n) is 3.13. The van der Waals surface area contributed by atoms with Gasteiger partial charge in [-0.15, -0.1) is 0 Å². The Morgan fingerprint density at radius 2 is 1.62 bits per heavy atom. The third-order valence-electron chi connectivity index (χ3n) is 4.33. The van der Waals surface area contributed by atoms with E-state index in [1.165, 1.54) is 53.0 Å². The Balaban J connectivity index is 0.000000126. The van der Waals surface area contributed by atoms with E-state index in [1.807, 2.05) is 0 Å². The van der Waals surface area contributed by atoms with E-state index >= 15 is 0 Å². The van der Waals surface area contributed by atoms with Gasteiger partial charge in [0.05, 0.1) is 0 Å². The van der Waals surface area contributed by atoms with Crippen LogP contribution in [0.4, 0.5) is 11.4 Å². The zero-order valence-electron chi connectivity index (χ0n) is 13.2. The summed E-state index contributed by atoms with van der Waals surface area (Å²) in [5, 5.41) is 3.33. The molecule has 0 bridgehead atoms. The largest absolute Gasteiger partial charge is 0.384 e. The van der Waals surface area contributed by atoms with Crippen molar-refractivity contribution in [2.75, 3.05) is 30.4 Å². The van der Waals surface area contributed by atoms with Crippen LogP contribution in [0.2, 0.25) is 0 Å². The minimum atomic E-state index is 1.11. The van der Waals surface area contributed by atoms with Gasteiger partial charge in [0.2, 0.25) is 0 Å². The molecule has 0 saturated heterocycles. The molecule has 2 aliphatic rings. The summed E-state index contributed by atoms with van der Waals surface area (Å²) in [6, 6.07) is 13.3. The Morgan fingerprint density at radius 3 is 2.43 bits per heavy atom. The van der Waals surface area contributed by atoms with E-state index in [0.29, 0.717) is 0 Å². The average Bonchev–Trinajstić information content (AvgIpc) is 3.06. The van der Waals surface area contributed by atoms with Crippen molar-refractivity contribution in [1.82, 2.24) is 0 Å². The van der Waals surface area contributed by atoms with E-state index in [4.69, 9.17) is 0 Å². The van der Waals surface area contributed by atoms with Crippen molar-refractivity contribution in [1.29, 1.82) is 0 Å². The van der Waals surface area contributed by atoms with Crippen LogP contribution in [0, 0.1) is 13.8 Å². The van der Waals surface area contributed by atoms with Gasteiger partial charge in [0.15, 0.2) is 0 Å². The normalized spacial score (nSPS) is 14.9. The minimum Gasteiger partial charge on any atom is -0.384 e. The van der Waals surface area contributed by atoms with Crippen LogP contribution in [0.15, 0.2) is 36.4 Å². The molecule has 1 N–H and O–H groups in total. The third-order valence-corrected chi connectivity index (χ3v) is 4.33. The van der Waals surface area contributed by atoms with Gasteiger partial charge in [0.25, 0.3) is 0 Å². The lowest BCUT2D eigenvalue weighted by molar-refractivity contribution is 0.956. The summed E-state index contributed by atoms with van der Waals surface area (Å²) in [4.78, 5) is 2.31. The highest BCUT2D eigenvalue weighted by atomic mass is 15.1. The molecule has 0 aromatic heterocycles. The van der Waals surface area contributed by atoms with Crippen molar-refractivity contribution >= 4 is 11.4 Å². The number of nitrogens with one attached hydrogen (secondary N) is 1. The molecule has 0 atom stereocenters. The number of benzene rings is 2. The number of hydrogen-bond donors (Lipinski definition) is 1. The van der Waals surface area contributed by atoms with Gasteiger partial charge in [-0.2, -0.15) is 0 Å². The third kappa shape index (κ3) is 3.05. The topological polar surface area (TPSA) is 15.3 Å². The molecule has 0 radical (unpaired) electrons. The summed E-state index contributed by atoms with van der Waals surface area (Å²) < 4.78 is 0. The van der Waals surface area contributed by atoms with Gasteiger partial charge in [-0.1, -0.05) is 35.4 Å². The SMILES string of the molecule is Cc1ccc2c(c1)CCN2.Cc1ccc2c(c1)CCN2C. The number of aryl methyl sites for hydroxylation is 2. The standard InChI is InChI=1S/C10H13N.C9H11N/c1-8-3-4-10-9(7-8)5-6-11(10)2;1-7-2-3-9-8(6-7)4-5-10-9/h3-4,7H,5-6H2,1-2H3;2-3,6,10H,4-5H2,1H3. The summed E-state index contributed by atoms with van der Waals surface area (Å²) in [7, 11) is 2.15. The molecule has 0 aliphatic carbocycles. The lowest BCUT2D eigenvalue weighted by atomic mass is 10.1. The predicted molar refractivity (Wildman–Crippen MR) is 91.5 cm³/mol. The average molecular weight is 280 g/mol. The molecule has 2 aromatic carbocycles. The number of fused-ring (bicyclic) bond motifs is 2. The number of likely N-dealkylation sites (N-methyl/N-ethyl adjacent to an activating group) is 1. The summed E-state index contributed by atoms with van der Waals surface area (Å²) in [5.41, 5.74) is 8.45. The van der Waals surface area contributed by atoms with E-state index in [2.05, 4.69) is 67.5 Å². The summed E-state index contributed by atoms with van der Waals surface area (Å²) in [6.07, 6.45) is 2.41. The van der Waals surface area contributed by atoms with Crippen LogP contribution in [0.5, 0.6) is 0 Å². The summed E-state index contributed by atoms with van der Waals surface area (Å²) >= 11 is 0. The quantitative estimate of drug-likeness (QED) is 0.786. The summed E-state index contributed by atoms with van der Waals surface area (Å²) in [5.74, 6) is 0. The van der Waals surface area contributed by atoms with Crippen LogP contribution in [0.25, 0.3) is 0 Å². The van der Waals surface area contributed by atoms with Gasteiger partial charge in [0.1, 0.15) is 0 Å². The van der Waals surface area contributed by atoms with Crippen LogP contribution in [0.1, 0.15) is 22.3 Å². The van der Waals surface area contributed by atoms with Crippen LogP contribution in [-0.4, -0.2) is 20.1 Å². The molecule has 0 fully saturated rings. The molecule has 4 rings (SSSR count). The highest BCUT2D eigenvalue weighted by molar-refractivity contribution is 5.58. The molecule has 21 heavy (non-hydrogen) atoms. The highest BCUT2D eigenvalue weighted by Gasteiger charge is 2.14. The smallest absolute Gasteiger partial charge is 0.0397 e. The van der Waals surface area contributed by atoms with E-state index in [1.54, 1.807) is 0 Å². The van der Waals surface area contributed by atoms with E-state index in [-0.39, 0.29) is 0 Å².